The number of nitro groups is 1. The standard InChI is InChI=1S/C22H22N2O5S/c25-24(26)20-11-13-21(14-12-20)30(27,28)23-22(19-9-5-2-6-10-19)15-16-29-17-18-7-3-1-4-8-18/h1-14,22-23H,15-17H2. The Hall–Kier alpha value is -3.07. The van der Waals surface area contributed by atoms with E-state index in [0.29, 0.717) is 19.6 Å². The van der Waals surface area contributed by atoms with Crippen LogP contribution < -0.4 is 4.72 Å². The maximum Gasteiger partial charge on any atom is 0.269 e. The summed E-state index contributed by atoms with van der Waals surface area (Å²) in [5.74, 6) is 0. The third-order valence-corrected chi connectivity index (χ3v) is 6.01. The number of ether oxygens (including phenoxy) is 1. The first-order chi connectivity index (χ1) is 14.5. The summed E-state index contributed by atoms with van der Waals surface area (Å²) < 4.78 is 34.1. The minimum atomic E-state index is -3.87. The van der Waals surface area contributed by atoms with Crippen molar-refractivity contribution in [3.05, 3.63) is 106 Å². The fourth-order valence-electron chi connectivity index (χ4n) is 2.95. The molecule has 1 atom stereocenters. The van der Waals surface area contributed by atoms with Gasteiger partial charge in [-0.05, 0) is 29.7 Å². The van der Waals surface area contributed by atoms with Crippen LogP contribution in [0.25, 0.3) is 0 Å². The monoisotopic (exact) mass is 426 g/mol. The SMILES string of the molecule is O=[N+]([O-])c1ccc(S(=O)(=O)NC(CCOCc2ccccc2)c2ccccc2)cc1. The Kier molecular flexibility index (Phi) is 7.29. The Morgan fingerprint density at radius 1 is 0.900 bits per heavy atom. The van der Waals surface area contributed by atoms with E-state index in [9.17, 15) is 18.5 Å². The maximum atomic E-state index is 12.8. The van der Waals surface area contributed by atoms with Crippen LogP contribution in [0.2, 0.25) is 0 Å². The Bertz CT molecular complexity index is 1060. The highest BCUT2D eigenvalue weighted by Crippen LogP contribution is 2.22. The van der Waals surface area contributed by atoms with Crippen LogP contribution in [-0.2, 0) is 21.4 Å². The molecule has 0 amide bonds. The molecule has 0 saturated carbocycles. The van der Waals surface area contributed by atoms with Crippen molar-refractivity contribution in [2.24, 2.45) is 0 Å². The Balaban J connectivity index is 1.69. The van der Waals surface area contributed by atoms with Gasteiger partial charge in [-0.1, -0.05) is 60.7 Å². The van der Waals surface area contributed by atoms with Crippen molar-refractivity contribution >= 4 is 15.7 Å². The average Bonchev–Trinajstić information content (AvgIpc) is 2.77. The van der Waals surface area contributed by atoms with Gasteiger partial charge in [0, 0.05) is 24.8 Å². The molecule has 0 aliphatic rings. The fourth-order valence-corrected chi connectivity index (χ4v) is 4.21. The second-order valence-corrected chi connectivity index (χ2v) is 8.38. The van der Waals surface area contributed by atoms with Gasteiger partial charge in [0.15, 0.2) is 0 Å². The molecule has 1 N–H and O–H groups in total. The van der Waals surface area contributed by atoms with Crippen molar-refractivity contribution in [1.29, 1.82) is 0 Å². The summed E-state index contributed by atoms with van der Waals surface area (Å²) in [7, 11) is -3.87. The second-order valence-electron chi connectivity index (χ2n) is 6.66. The number of nitrogens with one attached hydrogen (secondary N) is 1. The van der Waals surface area contributed by atoms with Crippen molar-refractivity contribution < 1.29 is 18.1 Å². The number of nitro benzene ring substituents is 1. The lowest BCUT2D eigenvalue weighted by atomic mass is 10.1. The molecule has 0 spiro atoms. The molecule has 7 nitrogen and oxygen atoms in total. The van der Waals surface area contributed by atoms with Gasteiger partial charge in [0.25, 0.3) is 5.69 Å². The normalized spacial score (nSPS) is 12.4. The van der Waals surface area contributed by atoms with Gasteiger partial charge in [-0.25, -0.2) is 13.1 Å². The van der Waals surface area contributed by atoms with E-state index < -0.39 is 21.0 Å². The number of hydrogen-bond acceptors (Lipinski definition) is 5. The largest absolute Gasteiger partial charge is 0.377 e. The molecule has 0 aliphatic heterocycles. The molecule has 0 bridgehead atoms. The third-order valence-electron chi connectivity index (χ3n) is 4.52. The summed E-state index contributed by atoms with van der Waals surface area (Å²) in [6.45, 7) is 0.800. The molecule has 1 unspecified atom stereocenters. The molecule has 0 fully saturated rings. The van der Waals surface area contributed by atoms with Crippen LogP contribution in [0.3, 0.4) is 0 Å². The summed E-state index contributed by atoms with van der Waals surface area (Å²) in [6.07, 6.45) is 0.434. The van der Waals surface area contributed by atoms with E-state index >= 15 is 0 Å². The van der Waals surface area contributed by atoms with E-state index in [1.807, 2.05) is 60.7 Å². The summed E-state index contributed by atoms with van der Waals surface area (Å²) in [5, 5.41) is 10.8. The van der Waals surface area contributed by atoms with E-state index in [1.54, 1.807) is 0 Å². The van der Waals surface area contributed by atoms with Crippen LogP contribution in [0.4, 0.5) is 5.69 Å². The Labute approximate surface area is 175 Å². The van der Waals surface area contributed by atoms with E-state index in [0.717, 1.165) is 11.1 Å². The number of hydrogen-bond donors (Lipinski definition) is 1. The van der Waals surface area contributed by atoms with Gasteiger partial charge < -0.3 is 4.74 Å². The zero-order chi connectivity index (χ0) is 21.4. The number of rotatable bonds is 10. The summed E-state index contributed by atoms with van der Waals surface area (Å²) in [5.41, 5.74) is 1.69. The van der Waals surface area contributed by atoms with Crippen molar-refractivity contribution in [1.82, 2.24) is 4.72 Å². The minimum Gasteiger partial charge on any atom is -0.377 e. The van der Waals surface area contributed by atoms with Crippen molar-refractivity contribution in [2.75, 3.05) is 6.61 Å². The van der Waals surface area contributed by atoms with Gasteiger partial charge in [0.1, 0.15) is 0 Å². The predicted octanol–water partition coefficient (Wildman–Crippen LogP) is 4.22. The lowest BCUT2D eigenvalue weighted by Gasteiger charge is -2.19. The maximum absolute atomic E-state index is 12.8. The smallest absolute Gasteiger partial charge is 0.269 e. The molecular formula is C22H22N2O5S. The minimum absolute atomic E-state index is 0.0285. The highest BCUT2D eigenvalue weighted by atomic mass is 32.2. The first kappa shape index (κ1) is 21.6. The van der Waals surface area contributed by atoms with E-state index in [-0.39, 0.29) is 10.6 Å². The highest BCUT2D eigenvalue weighted by Gasteiger charge is 2.22. The number of nitrogens with zero attached hydrogens (tertiary/aromatic N) is 1. The Morgan fingerprint density at radius 2 is 1.50 bits per heavy atom. The van der Waals surface area contributed by atoms with Gasteiger partial charge in [-0.15, -0.1) is 0 Å². The van der Waals surface area contributed by atoms with Gasteiger partial charge >= 0.3 is 0 Å². The first-order valence-corrected chi connectivity index (χ1v) is 10.9. The van der Waals surface area contributed by atoms with Crippen molar-refractivity contribution in [3.8, 4) is 0 Å². The molecule has 0 heterocycles. The van der Waals surface area contributed by atoms with Gasteiger partial charge in [-0.3, -0.25) is 10.1 Å². The zero-order valence-electron chi connectivity index (χ0n) is 16.2. The lowest BCUT2D eigenvalue weighted by Crippen LogP contribution is -2.29. The summed E-state index contributed by atoms with van der Waals surface area (Å²) in [6, 6.07) is 23.3. The van der Waals surface area contributed by atoms with E-state index in [1.165, 1.54) is 24.3 Å². The lowest BCUT2D eigenvalue weighted by molar-refractivity contribution is -0.384. The number of benzene rings is 3. The molecule has 156 valence electrons. The molecular weight excluding hydrogens is 404 g/mol. The molecule has 0 saturated heterocycles. The fraction of sp³-hybridized carbons (Fsp3) is 0.182. The Morgan fingerprint density at radius 3 is 2.10 bits per heavy atom. The third kappa shape index (κ3) is 5.96. The highest BCUT2D eigenvalue weighted by molar-refractivity contribution is 7.89. The van der Waals surface area contributed by atoms with Crippen LogP contribution in [-0.4, -0.2) is 19.9 Å². The summed E-state index contributed by atoms with van der Waals surface area (Å²) >= 11 is 0. The van der Waals surface area contributed by atoms with Gasteiger partial charge in [-0.2, -0.15) is 0 Å². The number of sulfonamides is 1. The molecule has 8 heteroatoms. The molecule has 0 aliphatic carbocycles. The predicted molar refractivity (Wildman–Crippen MR) is 113 cm³/mol. The topological polar surface area (TPSA) is 98.5 Å². The van der Waals surface area contributed by atoms with Crippen LogP contribution in [0.1, 0.15) is 23.6 Å². The van der Waals surface area contributed by atoms with Gasteiger partial charge in [0.2, 0.25) is 10.0 Å². The number of non-ortho nitro benzene ring substituents is 1. The van der Waals surface area contributed by atoms with E-state index in [4.69, 9.17) is 4.74 Å². The van der Waals surface area contributed by atoms with Crippen LogP contribution in [0.15, 0.2) is 89.8 Å². The second kappa shape index (κ2) is 10.1. The molecule has 3 aromatic rings. The first-order valence-electron chi connectivity index (χ1n) is 9.39. The van der Waals surface area contributed by atoms with Crippen LogP contribution in [0.5, 0.6) is 0 Å². The van der Waals surface area contributed by atoms with E-state index in [2.05, 4.69) is 4.72 Å². The van der Waals surface area contributed by atoms with Crippen LogP contribution in [0, 0.1) is 10.1 Å². The molecule has 3 rings (SSSR count). The molecule has 0 aromatic heterocycles. The van der Waals surface area contributed by atoms with Crippen molar-refractivity contribution in [3.63, 3.8) is 0 Å². The quantitative estimate of drug-likeness (QED) is 0.297. The zero-order valence-corrected chi connectivity index (χ0v) is 17.0. The molecule has 0 radical (unpaired) electrons. The molecule has 30 heavy (non-hydrogen) atoms. The van der Waals surface area contributed by atoms with Crippen LogP contribution >= 0.6 is 0 Å². The van der Waals surface area contributed by atoms with Crippen molar-refractivity contribution in [2.45, 2.75) is 24.0 Å². The molecule has 3 aromatic carbocycles. The summed E-state index contributed by atoms with van der Waals surface area (Å²) in [4.78, 5) is 10.2. The average molecular weight is 426 g/mol. The van der Waals surface area contributed by atoms with Gasteiger partial charge in [0.05, 0.1) is 16.4 Å².